The van der Waals surface area contributed by atoms with Crippen molar-refractivity contribution in [2.24, 2.45) is 0 Å². The van der Waals surface area contributed by atoms with Gasteiger partial charge in [0.2, 0.25) is 11.0 Å². The summed E-state index contributed by atoms with van der Waals surface area (Å²) in [6.07, 6.45) is 3.34. The number of anilines is 1. The van der Waals surface area contributed by atoms with E-state index in [2.05, 4.69) is 15.1 Å². The monoisotopic (exact) mass is 450 g/mol. The van der Waals surface area contributed by atoms with Crippen molar-refractivity contribution in [2.45, 2.75) is 0 Å². The molecule has 0 bridgehead atoms. The Labute approximate surface area is 180 Å². The first-order valence-corrected chi connectivity index (χ1v) is 11.1. The van der Waals surface area contributed by atoms with Crippen LogP contribution in [-0.4, -0.2) is 47.2 Å². The maximum atomic E-state index is 12.5. The molecule has 0 saturated carbocycles. The van der Waals surface area contributed by atoms with Gasteiger partial charge in [-0.2, -0.15) is 0 Å². The lowest BCUT2D eigenvalue weighted by molar-refractivity contribution is -0.126. The van der Waals surface area contributed by atoms with E-state index >= 15 is 0 Å². The van der Waals surface area contributed by atoms with Crippen LogP contribution in [0.4, 0.5) is 5.13 Å². The fourth-order valence-electron chi connectivity index (χ4n) is 2.85. The maximum Gasteiger partial charge on any atom is 0.246 e. The van der Waals surface area contributed by atoms with Crippen LogP contribution in [0.1, 0.15) is 5.56 Å². The predicted molar refractivity (Wildman–Crippen MR) is 118 cm³/mol. The smallest absolute Gasteiger partial charge is 0.246 e. The van der Waals surface area contributed by atoms with Crippen LogP contribution in [0.5, 0.6) is 0 Å². The molecular formula is C19H16Cl2N4OS2. The molecule has 1 aromatic carbocycles. The zero-order valence-corrected chi connectivity index (χ0v) is 17.9. The Hall–Kier alpha value is -1.93. The van der Waals surface area contributed by atoms with Crippen LogP contribution in [0.3, 0.4) is 0 Å². The van der Waals surface area contributed by atoms with E-state index in [4.69, 9.17) is 23.2 Å². The van der Waals surface area contributed by atoms with Gasteiger partial charge in [-0.05, 0) is 35.2 Å². The highest BCUT2D eigenvalue weighted by atomic mass is 35.5. The second-order valence-electron chi connectivity index (χ2n) is 6.19. The van der Waals surface area contributed by atoms with E-state index in [1.165, 1.54) is 0 Å². The largest absolute Gasteiger partial charge is 0.343 e. The van der Waals surface area contributed by atoms with E-state index in [0.717, 1.165) is 33.7 Å². The molecule has 0 spiro atoms. The summed E-state index contributed by atoms with van der Waals surface area (Å²) in [7, 11) is 0. The fraction of sp³-hybridized carbons (Fsp3) is 0.211. The normalized spacial score (nSPS) is 14.8. The van der Waals surface area contributed by atoms with E-state index in [1.807, 2.05) is 28.5 Å². The lowest BCUT2D eigenvalue weighted by Crippen LogP contribution is -2.48. The Kier molecular flexibility index (Phi) is 5.96. The number of aromatic nitrogens is 2. The van der Waals surface area contributed by atoms with Crippen molar-refractivity contribution in [3.8, 4) is 9.88 Å². The second kappa shape index (κ2) is 8.61. The molecule has 0 atom stereocenters. The van der Waals surface area contributed by atoms with Crippen LogP contribution in [0, 0.1) is 0 Å². The van der Waals surface area contributed by atoms with Crippen LogP contribution >= 0.6 is 45.9 Å². The van der Waals surface area contributed by atoms with E-state index in [9.17, 15) is 4.79 Å². The van der Waals surface area contributed by atoms with Gasteiger partial charge in [0.25, 0.3) is 0 Å². The number of nitrogens with zero attached hydrogens (tertiary/aromatic N) is 4. The number of piperazine rings is 1. The fourth-order valence-corrected chi connectivity index (χ4v) is 4.85. The first kappa shape index (κ1) is 19.4. The number of rotatable bonds is 4. The molecule has 28 heavy (non-hydrogen) atoms. The standard InChI is InChI=1S/C19H16Cl2N4OS2/c20-14-5-3-13(12-15(14)21)4-6-17(26)24-7-9-25(10-8-24)19-23-22-18(28-19)16-2-1-11-27-16/h1-6,11-12H,7-10H2/b6-4+. The van der Waals surface area contributed by atoms with Gasteiger partial charge in [0.1, 0.15) is 0 Å². The molecule has 0 radical (unpaired) electrons. The van der Waals surface area contributed by atoms with Gasteiger partial charge in [0.05, 0.1) is 14.9 Å². The number of halogens is 2. The van der Waals surface area contributed by atoms with Gasteiger partial charge in [-0.15, -0.1) is 21.5 Å². The van der Waals surface area contributed by atoms with Gasteiger partial charge < -0.3 is 9.80 Å². The highest BCUT2D eigenvalue weighted by molar-refractivity contribution is 7.22. The summed E-state index contributed by atoms with van der Waals surface area (Å²) in [5.41, 5.74) is 0.844. The first-order valence-electron chi connectivity index (χ1n) is 8.64. The third-order valence-corrected chi connectivity index (χ3v) is 7.13. The van der Waals surface area contributed by atoms with Crippen molar-refractivity contribution >= 4 is 63.0 Å². The Morgan fingerprint density at radius 2 is 1.89 bits per heavy atom. The van der Waals surface area contributed by atoms with Gasteiger partial charge in [-0.3, -0.25) is 4.79 Å². The number of thiophene rings is 1. The molecule has 1 aliphatic heterocycles. The number of amides is 1. The predicted octanol–water partition coefficient (Wildman–Crippen LogP) is 4.94. The van der Waals surface area contributed by atoms with Gasteiger partial charge in [0.15, 0.2) is 5.01 Å². The van der Waals surface area contributed by atoms with Crippen molar-refractivity contribution in [2.75, 3.05) is 31.1 Å². The SMILES string of the molecule is O=C(/C=C/c1ccc(Cl)c(Cl)c1)N1CCN(c2nnc(-c3cccs3)s2)CC1. The van der Waals surface area contributed by atoms with E-state index < -0.39 is 0 Å². The zero-order valence-electron chi connectivity index (χ0n) is 14.7. The molecule has 1 saturated heterocycles. The number of benzene rings is 1. The average molecular weight is 451 g/mol. The molecule has 1 fully saturated rings. The molecule has 144 valence electrons. The number of hydrogen-bond acceptors (Lipinski definition) is 6. The molecule has 1 aliphatic rings. The summed E-state index contributed by atoms with van der Waals surface area (Å²) in [6, 6.07) is 9.35. The molecule has 3 heterocycles. The molecule has 5 nitrogen and oxygen atoms in total. The molecule has 0 N–H and O–H groups in total. The summed E-state index contributed by atoms with van der Waals surface area (Å²) in [5.74, 6) is -0.0118. The van der Waals surface area contributed by atoms with E-state index in [-0.39, 0.29) is 5.91 Å². The first-order chi connectivity index (χ1) is 13.6. The summed E-state index contributed by atoms with van der Waals surface area (Å²) < 4.78 is 0. The lowest BCUT2D eigenvalue weighted by Gasteiger charge is -2.33. The van der Waals surface area contributed by atoms with Crippen LogP contribution in [0.25, 0.3) is 16.0 Å². The van der Waals surface area contributed by atoms with Gasteiger partial charge in [-0.25, -0.2) is 0 Å². The van der Waals surface area contributed by atoms with Crippen molar-refractivity contribution in [3.63, 3.8) is 0 Å². The number of carbonyl (C=O) groups is 1. The molecule has 2 aromatic heterocycles. The topological polar surface area (TPSA) is 49.3 Å². The van der Waals surface area contributed by atoms with Gasteiger partial charge in [0, 0.05) is 32.3 Å². The van der Waals surface area contributed by atoms with Crippen molar-refractivity contribution in [1.82, 2.24) is 15.1 Å². The van der Waals surface area contributed by atoms with Gasteiger partial charge >= 0.3 is 0 Å². The minimum Gasteiger partial charge on any atom is -0.343 e. The summed E-state index contributed by atoms with van der Waals surface area (Å²) >= 11 is 15.2. The van der Waals surface area contributed by atoms with Crippen LogP contribution in [0.2, 0.25) is 10.0 Å². The molecule has 1 amide bonds. The van der Waals surface area contributed by atoms with E-state index in [0.29, 0.717) is 23.1 Å². The minimum atomic E-state index is -0.0118. The third kappa shape index (κ3) is 4.38. The molecule has 0 aliphatic carbocycles. The summed E-state index contributed by atoms with van der Waals surface area (Å²) in [5, 5.41) is 13.5. The Bertz CT molecular complexity index is 995. The highest BCUT2D eigenvalue weighted by Gasteiger charge is 2.22. The van der Waals surface area contributed by atoms with Crippen molar-refractivity contribution in [1.29, 1.82) is 0 Å². The molecule has 0 unspecified atom stereocenters. The molecular weight excluding hydrogens is 435 g/mol. The Balaban J connectivity index is 1.34. The van der Waals surface area contributed by atoms with Crippen LogP contribution in [0.15, 0.2) is 41.8 Å². The second-order valence-corrected chi connectivity index (χ2v) is 8.90. The molecule has 3 aromatic rings. The molecule has 9 heteroatoms. The number of hydrogen-bond donors (Lipinski definition) is 0. The van der Waals surface area contributed by atoms with Crippen molar-refractivity contribution in [3.05, 3.63) is 57.4 Å². The van der Waals surface area contributed by atoms with E-state index in [1.54, 1.807) is 47.0 Å². The lowest BCUT2D eigenvalue weighted by atomic mass is 10.2. The summed E-state index contributed by atoms with van der Waals surface area (Å²) in [4.78, 5) is 17.6. The minimum absolute atomic E-state index is 0.0118. The quantitative estimate of drug-likeness (QED) is 0.528. The van der Waals surface area contributed by atoms with Gasteiger partial charge in [-0.1, -0.05) is 46.7 Å². The summed E-state index contributed by atoms with van der Waals surface area (Å²) in [6.45, 7) is 2.79. The van der Waals surface area contributed by atoms with Crippen molar-refractivity contribution < 1.29 is 4.79 Å². The third-order valence-electron chi connectivity index (χ3n) is 4.37. The molecule has 4 rings (SSSR count). The number of carbonyl (C=O) groups excluding carboxylic acids is 1. The van der Waals surface area contributed by atoms with Crippen LogP contribution in [-0.2, 0) is 4.79 Å². The highest BCUT2D eigenvalue weighted by Crippen LogP contribution is 2.31. The Morgan fingerprint density at radius 3 is 2.61 bits per heavy atom. The zero-order chi connectivity index (χ0) is 19.5. The average Bonchev–Trinajstić information content (AvgIpc) is 3.40. The maximum absolute atomic E-state index is 12.5. The Morgan fingerprint density at radius 1 is 1.07 bits per heavy atom. The van der Waals surface area contributed by atoms with Crippen LogP contribution < -0.4 is 4.90 Å².